The molecule has 2 aromatic carbocycles. The Morgan fingerprint density at radius 2 is 1.81 bits per heavy atom. The lowest BCUT2D eigenvalue weighted by atomic mass is 10.1. The third-order valence-electron chi connectivity index (χ3n) is 3.53. The number of methoxy groups -OCH3 is 1. The molecule has 0 bridgehead atoms. The molecule has 3 rings (SSSR count). The third kappa shape index (κ3) is 4.25. The number of nitrogens with one attached hydrogen (secondary N) is 2. The minimum Gasteiger partial charge on any atom is -0.495 e. The summed E-state index contributed by atoms with van der Waals surface area (Å²) in [5.74, 6) is 1.43. The second kappa shape index (κ2) is 7.79. The Morgan fingerprint density at radius 1 is 1.08 bits per heavy atom. The molecule has 132 valence electrons. The van der Waals surface area contributed by atoms with Crippen molar-refractivity contribution in [1.29, 1.82) is 0 Å². The van der Waals surface area contributed by atoms with Crippen LogP contribution >= 0.6 is 11.6 Å². The van der Waals surface area contributed by atoms with E-state index in [1.165, 1.54) is 13.1 Å². The summed E-state index contributed by atoms with van der Waals surface area (Å²) in [7, 11) is 1.55. The highest BCUT2D eigenvalue weighted by Crippen LogP contribution is 2.28. The van der Waals surface area contributed by atoms with E-state index in [9.17, 15) is 4.79 Å². The number of aromatic nitrogens is 3. The van der Waals surface area contributed by atoms with Gasteiger partial charge in [-0.25, -0.2) is 0 Å². The van der Waals surface area contributed by atoms with Gasteiger partial charge >= 0.3 is 0 Å². The Bertz CT molecular complexity index is 931. The maximum Gasteiger partial charge on any atom is 0.249 e. The van der Waals surface area contributed by atoms with Gasteiger partial charge in [0, 0.05) is 16.9 Å². The molecule has 1 aromatic heterocycles. The van der Waals surface area contributed by atoms with Gasteiger partial charge in [0.05, 0.1) is 18.3 Å². The van der Waals surface area contributed by atoms with Crippen molar-refractivity contribution < 1.29 is 9.53 Å². The van der Waals surface area contributed by atoms with E-state index < -0.39 is 0 Å². The summed E-state index contributed by atoms with van der Waals surface area (Å²) >= 11 is 6.11. The van der Waals surface area contributed by atoms with E-state index in [1.54, 1.807) is 49.6 Å². The summed E-state index contributed by atoms with van der Waals surface area (Å²) in [4.78, 5) is 15.7. The van der Waals surface area contributed by atoms with Gasteiger partial charge in [0.2, 0.25) is 5.95 Å². The SMILES string of the molecule is COc1ccc(Nc2nncc(Nc3ccc(C(C)=O)cc3)n2)cc1Cl. The molecule has 0 radical (unpaired) electrons. The number of rotatable bonds is 6. The van der Waals surface area contributed by atoms with Crippen LogP contribution in [-0.4, -0.2) is 28.1 Å². The summed E-state index contributed by atoms with van der Waals surface area (Å²) in [6.45, 7) is 1.53. The van der Waals surface area contributed by atoms with Crippen LogP contribution in [0.25, 0.3) is 0 Å². The van der Waals surface area contributed by atoms with Gasteiger partial charge in [-0.2, -0.15) is 10.1 Å². The fraction of sp³-hybridized carbons (Fsp3) is 0.111. The van der Waals surface area contributed by atoms with Crippen molar-refractivity contribution in [3.63, 3.8) is 0 Å². The summed E-state index contributed by atoms with van der Waals surface area (Å²) in [5.41, 5.74) is 2.14. The van der Waals surface area contributed by atoms with Crippen molar-refractivity contribution in [2.24, 2.45) is 0 Å². The van der Waals surface area contributed by atoms with Gasteiger partial charge in [0.1, 0.15) is 5.75 Å². The molecule has 0 atom stereocenters. The normalized spacial score (nSPS) is 10.3. The number of benzene rings is 2. The van der Waals surface area contributed by atoms with Crippen LogP contribution in [0.15, 0.2) is 48.7 Å². The van der Waals surface area contributed by atoms with Gasteiger partial charge in [-0.05, 0) is 49.4 Å². The van der Waals surface area contributed by atoms with Crippen LogP contribution < -0.4 is 15.4 Å². The van der Waals surface area contributed by atoms with Gasteiger partial charge in [-0.1, -0.05) is 11.6 Å². The first-order valence-electron chi connectivity index (χ1n) is 7.73. The average Bonchev–Trinajstić information content (AvgIpc) is 2.63. The summed E-state index contributed by atoms with van der Waals surface area (Å²) in [5, 5.41) is 14.5. The number of Topliss-reactive ketones (excluding diaryl/α,β-unsaturated/α-hetero) is 1. The zero-order chi connectivity index (χ0) is 18.5. The van der Waals surface area contributed by atoms with E-state index in [0.29, 0.717) is 33.8 Å². The molecule has 3 aromatic rings. The molecular formula is C18H16ClN5O2. The van der Waals surface area contributed by atoms with Crippen LogP contribution in [0, 0.1) is 0 Å². The van der Waals surface area contributed by atoms with Gasteiger partial charge in [-0.15, -0.1) is 5.10 Å². The molecule has 0 saturated heterocycles. The Balaban J connectivity index is 1.73. The molecule has 1 heterocycles. The first-order valence-corrected chi connectivity index (χ1v) is 8.11. The van der Waals surface area contributed by atoms with Crippen LogP contribution in [0.2, 0.25) is 5.02 Å². The fourth-order valence-electron chi connectivity index (χ4n) is 2.23. The number of carbonyl (C=O) groups excluding carboxylic acids is 1. The van der Waals surface area contributed by atoms with Gasteiger partial charge in [0.25, 0.3) is 0 Å². The Kier molecular flexibility index (Phi) is 5.28. The highest BCUT2D eigenvalue weighted by atomic mass is 35.5. The summed E-state index contributed by atoms with van der Waals surface area (Å²) < 4.78 is 5.12. The maximum absolute atomic E-state index is 11.3. The van der Waals surface area contributed by atoms with Crippen molar-refractivity contribution in [2.75, 3.05) is 17.7 Å². The molecule has 26 heavy (non-hydrogen) atoms. The lowest BCUT2D eigenvalue weighted by Gasteiger charge is -2.09. The van der Waals surface area contributed by atoms with Crippen molar-refractivity contribution in [2.45, 2.75) is 6.92 Å². The predicted octanol–water partition coefficient (Wildman–Crippen LogP) is 4.22. The standard InChI is InChI=1S/C18H16ClN5O2/c1-11(25)12-3-5-13(6-4-12)21-17-10-20-24-18(23-17)22-14-7-8-16(26-2)15(19)9-14/h3-10H,1-2H3,(H2,21,22,23,24). The fourth-order valence-corrected chi connectivity index (χ4v) is 2.48. The largest absolute Gasteiger partial charge is 0.495 e. The third-order valence-corrected chi connectivity index (χ3v) is 3.83. The van der Waals surface area contributed by atoms with E-state index in [1.807, 2.05) is 0 Å². The number of halogens is 1. The van der Waals surface area contributed by atoms with Crippen LogP contribution in [0.1, 0.15) is 17.3 Å². The second-order valence-corrected chi connectivity index (χ2v) is 5.81. The zero-order valence-electron chi connectivity index (χ0n) is 14.2. The first kappa shape index (κ1) is 17.6. The van der Waals surface area contributed by atoms with E-state index in [4.69, 9.17) is 16.3 Å². The van der Waals surface area contributed by atoms with Crippen LogP contribution in [0.3, 0.4) is 0 Å². The molecule has 8 heteroatoms. The van der Waals surface area contributed by atoms with Crippen molar-refractivity contribution in [1.82, 2.24) is 15.2 Å². The molecule has 0 spiro atoms. The van der Waals surface area contributed by atoms with E-state index in [-0.39, 0.29) is 5.78 Å². The molecule has 0 aliphatic carbocycles. The maximum atomic E-state index is 11.3. The number of carbonyl (C=O) groups is 1. The molecule has 0 amide bonds. The van der Waals surface area contributed by atoms with E-state index >= 15 is 0 Å². The predicted molar refractivity (Wildman–Crippen MR) is 101 cm³/mol. The number of hydrogen-bond acceptors (Lipinski definition) is 7. The monoisotopic (exact) mass is 369 g/mol. The molecule has 7 nitrogen and oxygen atoms in total. The number of hydrogen-bond donors (Lipinski definition) is 2. The Hall–Kier alpha value is -3.19. The van der Waals surface area contributed by atoms with Gasteiger partial charge in [-0.3, -0.25) is 4.79 Å². The molecule has 0 fully saturated rings. The highest BCUT2D eigenvalue weighted by molar-refractivity contribution is 6.32. The quantitative estimate of drug-likeness (QED) is 0.628. The minimum atomic E-state index is 0.0184. The van der Waals surface area contributed by atoms with E-state index in [2.05, 4.69) is 25.8 Å². The lowest BCUT2D eigenvalue weighted by molar-refractivity contribution is 0.101. The Labute approximate surface area is 155 Å². The van der Waals surface area contributed by atoms with Crippen molar-refractivity contribution in [3.05, 3.63) is 59.2 Å². The number of nitrogens with zero attached hydrogens (tertiary/aromatic N) is 3. The summed E-state index contributed by atoms with van der Waals surface area (Å²) in [6, 6.07) is 12.4. The number of ether oxygens (including phenoxy) is 1. The smallest absolute Gasteiger partial charge is 0.249 e. The average molecular weight is 370 g/mol. The molecule has 0 aliphatic heterocycles. The second-order valence-electron chi connectivity index (χ2n) is 5.40. The molecular weight excluding hydrogens is 354 g/mol. The van der Waals surface area contributed by atoms with Crippen LogP contribution in [-0.2, 0) is 0 Å². The molecule has 0 unspecified atom stereocenters. The van der Waals surface area contributed by atoms with Crippen molar-refractivity contribution in [3.8, 4) is 5.75 Å². The minimum absolute atomic E-state index is 0.0184. The van der Waals surface area contributed by atoms with Crippen LogP contribution in [0.4, 0.5) is 23.1 Å². The van der Waals surface area contributed by atoms with Gasteiger partial charge < -0.3 is 15.4 Å². The molecule has 0 saturated carbocycles. The number of anilines is 4. The summed E-state index contributed by atoms with van der Waals surface area (Å²) in [6.07, 6.45) is 1.51. The van der Waals surface area contributed by atoms with Crippen molar-refractivity contribution >= 4 is 40.5 Å². The van der Waals surface area contributed by atoms with Gasteiger partial charge in [0.15, 0.2) is 11.6 Å². The topological polar surface area (TPSA) is 89.0 Å². The zero-order valence-corrected chi connectivity index (χ0v) is 14.9. The molecule has 0 aliphatic rings. The van der Waals surface area contributed by atoms with E-state index in [0.717, 1.165) is 5.69 Å². The molecule has 2 N–H and O–H groups in total. The Morgan fingerprint density at radius 3 is 2.46 bits per heavy atom. The van der Waals surface area contributed by atoms with Crippen LogP contribution in [0.5, 0.6) is 5.75 Å². The highest BCUT2D eigenvalue weighted by Gasteiger charge is 2.06. The first-order chi connectivity index (χ1) is 12.5. The lowest BCUT2D eigenvalue weighted by Crippen LogP contribution is -2.02. The number of ketones is 1.